The predicted molar refractivity (Wildman–Crippen MR) is 134 cm³/mol. The number of aromatic nitrogens is 1. The molecule has 1 atom stereocenters. The fourth-order valence-corrected chi connectivity index (χ4v) is 4.59. The molecular formula is C28H31N3O3. The summed E-state index contributed by atoms with van der Waals surface area (Å²) in [6, 6.07) is 17.0. The molecule has 2 aromatic carbocycles. The van der Waals surface area contributed by atoms with Crippen LogP contribution in [-0.2, 0) is 11.2 Å². The first-order valence-corrected chi connectivity index (χ1v) is 12.0. The molecule has 2 heterocycles. The van der Waals surface area contributed by atoms with Crippen molar-refractivity contribution in [3.8, 4) is 5.75 Å². The van der Waals surface area contributed by atoms with Gasteiger partial charge in [-0.3, -0.25) is 4.98 Å². The van der Waals surface area contributed by atoms with Gasteiger partial charge in [-0.15, -0.1) is 0 Å². The highest BCUT2D eigenvalue weighted by molar-refractivity contribution is 5.95. The number of ether oxygens (including phenoxy) is 2. The lowest BCUT2D eigenvalue weighted by Gasteiger charge is -2.28. The van der Waals surface area contributed by atoms with Crippen molar-refractivity contribution in [3.05, 3.63) is 77.6 Å². The maximum atomic E-state index is 12.1. The summed E-state index contributed by atoms with van der Waals surface area (Å²) in [6.45, 7) is 1.35. The Labute approximate surface area is 200 Å². The van der Waals surface area contributed by atoms with Crippen molar-refractivity contribution in [1.82, 2.24) is 4.98 Å². The molecule has 1 N–H and O–H groups in total. The summed E-state index contributed by atoms with van der Waals surface area (Å²) < 4.78 is 10.9. The predicted octanol–water partition coefficient (Wildman–Crippen LogP) is 5.57. The quantitative estimate of drug-likeness (QED) is 0.447. The molecule has 0 amide bonds. The number of carbonyl (C=O) groups excluding carboxylic acids is 1. The van der Waals surface area contributed by atoms with Gasteiger partial charge in [-0.05, 0) is 67.0 Å². The van der Waals surface area contributed by atoms with Gasteiger partial charge in [0.1, 0.15) is 5.75 Å². The first kappa shape index (κ1) is 22.3. The Bertz CT molecular complexity index is 1160. The molecule has 1 aliphatic carbocycles. The maximum Gasteiger partial charge on any atom is 0.340 e. The van der Waals surface area contributed by atoms with E-state index in [0.29, 0.717) is 24.4 Å². The number of carbonyl (C=O) groups is 1. The molecule has 1 fully saturated rings. The van der Waals surface area contributed by atoms with E-state index in [1.165, 1.54) is 43.2 Å². The largest absolute Gasteiger partial charge is 0.493 e. The van der Waals surface area contributed by atoms with Crippen molar-refractivity contribution in [1.29, 1.82) is 0 Å². The Morgan fingerprint density at radius 1 is 1.12 bits per heavy atom. The Hall–Kier alpha value is -3.54. The summed E-state index contributed by atoms with van der Waals surface area (Å²) in [4.78, 5) is 18.4. The molecule has 6 nitrogen and oxygen atoms in total. The number of nitrogens with zero attached hydrogens (tertiary/aromatic N) is 2. The first-order chi connectivity index (χ1) is 16.6. The second-order valence-corrected chi connectivity index (χ2v) is 9.22. The van der Waals surface area contributed by atoms with Gasteiger partial charge in [0.05, 0.1) is 31.2 Å². The highest BCUT2D eigenvalue weighted by atomic mass is 16.5. The molecule has 34 heavy (non-hydrogen) atoms. The average Bonchev–Trinajstić information content (AvgIpc) is 3.71. The van der Waals surface area contributed by atoms with Crippen molar-refractivity contribution in [2.45, 2.75) is 31.6 Å². The second-order valence-electron chi connectivity index (χ2n) is 9.22. The number of hydrogen-bond donors (Lipinski definition) is 1. The van der Waals surface area contributed by atoms with E-state index in [1.54, 1.807) is 18.5 Å². The lowest BCUT2D eigenvalue weighted by atomic mass is 9.92. The van der Waals surface area contributed by atoms with Crippen LogP contribution in [0.3, 0.4) is 0 Å². The van der Waals surface area contributed by atoms with E-state index in [9.17, 15) is 4.79 Å². The Morgan fingerprint density at radius 3 is 2.68 bits per heavy atom. The third-order valence-corrected chi connectivity index (χ3v) is 6.86. The normalized spacial score (nSPS) is 16.8. The summed E-state index contributed by atoms with van der Waals surface area (Å²) in [5, 5.41) is 3.40. The highest BCUT2D eigenvalue weighted by Gasteiger charge is 2.24. The van der Waals surface area contributed by atoms with E-state index < -0.39 is 0 Å². The zero-order chi connectivity index (χ0) is 23.5. The molecule has 3 aromatic rings. The first-order valence-electron chi connectivity index (χ1n) is 12.0. The van der Waals surface area contributed by atoms with Crippen molar-refractivity contribution in [2.75, 3.05) is 37.5 Å². The van der Waals surface area contributed by atoms with Crippen LogP contribution in [0.1, 0.15) is 46.7 Å². The molecule has 176 valence electrons. The van der Waals surface area contributed by atoms with Gasteiger partial charge in [-0.25, -0.2) is 4.79 Å². The molecule has 2 aliphatic rings. The number of nitrogens with one attached hydrogen (secondary N) is 1. The molecule has 6 heteroatoms. The van der Waals surface area contributed by atoms with Crippen molar-refractivity contribution in [2.24, 2.45) is 5.92 Å². The number of pyridine rings is 1. The number of esters is 1. The number of methoxy groups -OCH3 is 1. The number of benzene rings is 2. The van der Waals surface area contributed by atoms with Crippen molar-refractivity contribution >= 4 is 23.0 Å². The van der Waals surface area contributed by atoms with Gasteiger partial charge in [0.15, 0.2) is 0 Å². The highest BCUT2D eigenvalue weighted by Crippen LogP contribution is 2.38. The molecule has 0 spiro atoms. The van der Waals surface area contributed by atoms with E-state index in [2.05, 4.69) is 64.7 Å². The van der Waals surface area contributed by atoms with E-state index in [0.717, 1.165) is 23.8 Å². The van der Waals surface area contributed by atoms with E-state index in [4.69, 9.17) is 9.47 Å². The van der Waals surface area contributed by atoms with Crippen LogP contribution in [0.4, 0.5) is 17.1 Å². The monoisotopic (exact) mass is 457 g/mol. The van der Waals surface area contributed by atoms with Crippen LogP contribution in [0.25, 0.3) is 0 Å². The van der Waals surface area contributed by atoms with E-state index in [1.807, 2.05) is 0 Å². The Morgan fingerprint density at radius 2 is 1.91 bits per heavy atom. The number of anilines is 3. The van der Waals surface area contributed by atoms with Crippen LogP contribution in [0.15, 0.2) is 60.9 Å². The zero-order valence-corrected chi connectivity index (χ0v) is 19.8. The second kappa shape index (κ2) is 9.75. The minimum atomic E-state index is -0.370. The molecular weight excluding hydrogens is 426 g/mol. The molecule has 0 unspecified atom stereocenters. The fraction of sp³-hybridized carbons (Fsp3) is 0.357. The Kier molecular flexibility index (Phi) is 6.39. The van der Waals surface area contributed by atoms with Crippen molar-refractivity contribution in [3.63, 3.8) is 0 Å². The molecule has 0 saturated heterocycles. The summed E-state index contributed by atoms with van der Waals surface area (Å²) in [5.74, 6) is 1.72. The van der Waals surface area contributed by atoms with Crippen molar-refractivity contribution < 1.29 is 14.3 Å². The van der Waals surface area contributed by atoms with Crippen LogP contribution >= 0.6 is 0 Å². The lowest BCUT2D eigenvalue weighted by Crippen LogP contribution is -2.22. The molecule has 5 rings (SSSR count). The lowest BCUT2D eigenvalue weighted by molar-refractivity contribution is 0.0601. The topological polar surface area (TPSA) is 63.7 Å². The van der Waals surface area contributed by atoms with Crippen LogP contribution in [-0.4, -0.2) is 38.3 Å². The fourth-order valence-electron chi connectivity index (χ4n) is 4.59. The van der Waals surface area contributed by atoms with Gasteiger partial charge >= 0.3 is 5.97 Å². The van der Waals surface area contributed by atoms with Gasteiger partial charge < -0.3 is 19.7 Å². The van der Waals surface area contributed by atoms with Crippen LogP contribution in [0.5, 0.6) is 5.75 Å². The number of fused-ring (bicyclic) bond motifs is 1. The number of rotatable bonds is 8. The van der Waals surface area contributed by atoms with Crippen LogP contribution in [0.2, 0.25) is 0 Å². The van der Waals surface area contributed by atoms with E-state index >= 15 is 0 Å². The summed E-state index contributed by atoms with van der Waals surface area (Å²) in [5.41, 5.74) is 6.05. The van der Waals surface area contributed by atoms with Crippen LogP contribution < -0.4 is 15.0 Å². The average molecular weight is 458 g/mol. The minimum absolute atomic E-state index is 0.274. The maximum absolute atomic E-state index is 12.1. The standard InChI is InChI=1S/C28H31N3O3/c1-31(22-7-5-20(6-8-22)15-19-3-4-19)23-9-10-24-21(12-14-34-27(24)16-23)17-30-26-18-29-13-11-25(26)28(32)33-2/h5-11,13,16,18-19,21,30H,3-4,12,14-15,17H2,1-2H3/t21-/m0/s1. The molecule has 1 aliphatic heterocycles. The number of hydrogen-bond acceptors (Lipinski definition) is 6. The molecule has 0 radical (unpaired) electrons. The van der Waals surface area contributed by atoms with Crippen LogP contribution in [0, 0.1) is 5.92 Å². The summed E-state index contributed by atoms with van der Waals surface area (Å²) >= 11 is 0. The van der Waals surface area contributed by atoms with Gasteiger partial charge in [0.2, 0.25) is 0 Å². The third kappa shape index (κ3) is 4.86. The van der Waals surface area contributed by atoms with Gasteiger partial charge in [-0.1, -0.05) is 18.2 Å². The smallest absolute Gasteiger partial charge is 0.340 e. The SMILES string of the molecule is COC(=O)c1ccncc1NC[C@@H]1CCOc2cc(N(C)c3ccc(CC4CC4)cc3)ccc21. The minimum Gasteiger partial charge on any atom is -0.493 e. The van der Waals surface area contributed by atoms with Gasteiger partial charge in [-0.2, -0.15) is 0 Å². The third-order valence-electron chi connectivity index (χ3n) is 6.86. The zero-order valence-electron chi connectivity index (χ0n) is 19.8. The molecule has 1 aromatic heterocycles. The molecule has 0 bridgehead atoms. The van der Waals surface area contributed by atoms with Gasteiger partial charge in [0, 0.05) is 43.1 Å². The van der Waals surface area contributed by atoms with E-state index in [-0.39, 0.29) is 11.9 Å². The molecule has 1 saturated carbocycles. The van der Waals surface area contributed by atoms with Gasteiger partial charge in [0.25, 0.3) is 0 Å². The Balaban J connectivity index is 1.29. The summed E-state index contributed by atoms with van der Waals surface area (Å²) in [6.07, 6.45) is 8.13. The summed E-state index contributed by atoms with van der Waals surface area (Å²) in [7, 11) is 3.48.